The molecular formula is C22H30Cl2N2O. The zero-order valence-corrected chi connectivity index (χ0v) is 17.5. The van der Waals surface area contributed by atoms with Crippen LogP contribution in [0.3, 0.4) is 0 Å². The number of Topliss-reactive ketones (excluding diaryl/α,β-unsaturated/α-hetero) is 1. The molecule has 0 bridgehead atoms. The van der Waals surface area contributed by atoms with E-state index in [1.54, 1.807) is 6.07 Å². The molecule has 1 aromatic carbocycles. The van der Waals surface area contributed by atoms with Crippen molar-refractivity contribution in [1.29, 1.82) is 0 Å². The standard InChI is InChI=1S/C22H30Cl2N2O/c23-19-8-7-16(13-20(19)24)14-21(27)22(15-26-11-3-4-12-26)18-6-2-1-5-17(18)9-10-25-22/h7-8,13,17-18,25H,1-6,9-12,14-15H2. The Labute approximate surface area is 172 Å². The minimum Gasteiger partial charge on any atom is -0.304 e. The number of carbonyl (C=O) groups is 1. The maximum Gasteiger partial charge on any atom is 0.158 e. The van der Waals surface area contributed by atoms with Crippen LogP contribution in [0.5, 0.6) is 0 Å². The molecule has 3 aliphatic rings. The molecule has 1 saturated carbocycles. The van der Waals surface area contributed by atoms with Crippen molar-refractivity contribution in [3.63, 3.8) is 0 Å². The quantitative estimate of drug-likeness (QED) is 0.763. The summed E-state index contributed by atoms with van der Waals surface area (Å²) in [7, 11) is 0. The van der Waals surface area contributed by atoms with Crippen LogP contribution in [0.25, 0.3) is 0 Å². The van der Waals surface area contributed by atoms with Crippen LogP contribution in [0.4, 0.5) is 0 Å². The lowest BCUT2D eigenvalue weighted by atomic mass is 9.62. The van der Waals surface area contributed by atoms with Crippen LogP contribution in [-0.2, 0) is 11.2 Å². The van der Waals surface area contributed by atoms with Crippen LogP contribution >= 0.6 is 23.2 Å². The van der Waals surface area contributed by atoms with E-state index >= 15 is 0 Å². The van der Waals surface area contributed by atoms with Gasteiger partial charge < -0.3 is 10.2 Å². The summed E-state index contributed by atoms with van der Waals surface area (Å²) in [6.45, 7) is 4.08. The maximum atomic E-state index is 13.8. The Morgan fingerprint density at radius 3 is 2.63 bits per heavy atom. The highest BCUT2D eigenvalue weighted by Gasteiger charge is 2.51. The van der Waals surface area contributed by atoms with Crippen LogP contribution < -0.4 is 5.32 Å². The fourth-order valence-corrected chi connectivity index (χ4v) is 5.99. The fraction of sp³-hybridized carbons (Fsp3) is 0.682. The van der Waals surface area contributed by atoms with E-state index in [9.17, 15) is 4.79 Å². The Bertz CT molecular complexity index is 687. The molecule has 3 unspecified atom stereocenters. The molecule has 5 heteroatoms. The van der Waals surface area contributed by atoms with Crippen LogP contribution in [0.2, 0.25) is 10.0 Å². The normalized spacial score (nSPS) is 31.6. The van der Waals surface area contributed by atoms with Crippen molar-refractivity contribution < 1.29 is 4.79 Å². The van der Waals surface area contributed by atoms with Crippen molar-refractivity contribution in [2.75, 3.05) is 26.2 Å². The second kappa shape index (κ2) is 8.41. The molecule has 0 amide bonds. The molecule has 3 fully saturated rings. The topological polar surface area (TPSA) is 32.3 Å². The SMILES string of the molecule is O=C(Cc1ccc(Cl)c(Cl)c1)C1(CN2CCCC2)NCCC2CCCCC21. The van der Waals surface area contributed by atoms with Gasteiger partial charge in [0.2, 0.25) is 0 Å². The summed E-state index contributed by atoms with van der Waals surface area (Å²) in [4.78, 5) is 16.3. The number of carbonyl (C=O) groups excluding carboxylic acids is 1. The van der Waals surface area contributed by atoms with Gasteiger partial charge in [-0.15, -0.1) is 0 Å². The Morgan fingerprint density at radius 2 is 1.85 bits per heavy atom. The molecule has 1 aliphatic carbocycles. The number of likely N-dealkylation sites (tertiary alicyclic amines) is 1. The number of piperidine rings is 1. The van der Waals surface area contributed by atoms with Gasteiger partial charge in [-0.3, -0.25) is 4.79 Å². The molecule has 148 valence electrons. The number of rotatable bonds is 5. The smallest absolute Gasteiger partial charge is 0.158 e. The Kier molecular flexibility index (Phi) is 6.13. The van der Waals surface area contributed by atoms with Crippen LogP contribution in [0, 0.1) is 11.8 Å². The molecule has 2 saturated heterocycles. The molecule has 0 radical (unpaired) electrons. The molecule has 0 spiro atoms. The fourth-order valence-electron chi connectivity index (χ4n) is 5.67. The summed E-state index contributed by atoms with van der Waals surface area (Å²) < 4.78 is 0. The molecule has 1 aromatic rings. The van der Waals surface area contributed by atoms with Gasteiger partial charge in [-0.05, 0) is 74.8 Å². The van der Waals surface area contributed by atoms with Gasteiger partial charge in [0, 0.05) is 13.0 Å². The Morgan fingerprint density at radius 1 is 1.07 bits per heavy atom. The molecule has 3 nitrogen and oxygen atoms in total. The predicted octanol–water partition coefficient (Wildman–Crippen LogP) is 4.74. The lowest BCUT2D eigenvalue weighted by Crippen LogP contribution is -2.68. The summed E-state index contributed by atoms with van der Waals surface area (Å²) in [5.41, 5.74) is 0.565. The summed E-state index contributed by atoms with van der Waals surface area (Å²) in [6.07, 6.45) is 9.20. The third-order valence-corrected chi connectivity index (χ3v) is 7.75. The van der Waals surface area contributed by atoms with Gasteiger partial charge in [0.15, 0.2) is 5.78 Å². The van der Waals surface area contributed by atoms with E-state index in [1.807, 2.05) is 12.1 Å². The third-order valence-electron chi connectivity index (χ3n) is 7.02. The zero-order valence-electron chi connectivity index (χ0n) is 16.0. The average molecular weight is 409 g/mol. The van der Waals surface area contributed by atoms with Crippen molar-refractivity contribution in [2.24, 2.45) is 11.8 Å². The molecule has 3 atom stereocenters. The van der Waals surface area contributed by atoms with E-state index in [4.69, 9.17) is 23.2 Å². The van der Waals surface area contributed by atoms with Crippen molar-refractivity contribution in [3.05, 3.63) is 33.8 Å². The monoisotopic (exact) mass is 408 g/mol. The van der Waals surface area contributed by atoms with Gasteiger partial charge in [-0.2, -0.15) is 0 Å². The largest absolute Gasteiger partial charge is 0.304 e. The molecule has 27 heavy (non-hydrogen) atoms. The van der Waals surface area contributed by atoms with Crippen molar-refractivity contribution >= 4 is 29.0 Å². The summed E-state index contributed by atoms with van der Waals surface area (Å²) in [6, 6.07) is 5.60. The molecule has 4 rings (SSSR count). The van der Waals surface area contributed by atoms with Crippen LogP contribution in [-0.4, -0.2) is 42.4 Å². The number of halogens is 2. The van der Waals surface area contributed by atoms with Gasteiger partial charge in [-0.25, -0.2) is 0 Å². The molecule has 2 heterocycles. The second-order valence-electron chi connectivity index (χ2n) is 8.67. The summed E-state index contributed by atoms with van der Waals surface area (Å²) >= 11 is 12.3. The van der Waals surface area contributed by atoms with Gasteiger partial charge in [0.1, 0.15) is 0 Å². The average Bonchev–Trinajstić information content (AvgIpc) is 3.18. The summed E-state index contributed by atoms with van der Waals surface area (Å²) in [5, 5.41) is 4.83. The number of nitrogens with zero attached hydrogens (tertiary/aromatic N) is 1. The van der Waals surface area contributed by atoms with E-state index in [1.165, 1.54) is 44.9 Å². The highest BCUT2D eigenvalue weighted by atomic mass is 35.5. The van der Waals surface area contributed by atoms with E-state index in [2.05, 4.69) is 10.2 Å². The lowest BCUT2D eigenvalue weighted by Gasteiger charge is -2.51. The van der Waals surface area contributed by atoms with E-state index in [-0.39, 0.29) is 0 Å². The van der Waals surface area contributed by atoms with Gasteiger partial charge in [0.05, 0.1) is 15.6 Å². The highest BCUT2D eigenvalue weighted by Crippen LogP contribution is 2.43. The van der Waals surface area contributed by atoms with Crippen LogP contribution in [0.15, 0.2) is 18.2 Å². The second-order valence-corrected chi connectivity index (χ2v) is 9.48. The Balaban J connectivity index is 1.61. The lowest BCUT2D eigenvalue weighted by molar-refractivity contribution is -0.132. The van der Waals surface area contributed by atoms with E-state index in [0.29, 0.717) is 34.1 Å². The van der Waals surface area contributed by atoms with Crippen molar-refractivity contribution in [2.45, 2.75) is 56.9 Å². The van der Waals surface area contributed by atoms with Gasteiger partial charge in [-0.1, -0.05) is 48.5 Å². The number of hydrogen-bond donors (Lipinski definition) is 1. The minimum absolute atomic E-state index is 0.337. The first kappa shape index (κ1) is 19.7. The minimum atomic E-state index is -0.403. The maximum absolute atomic E-state index is 13.8. The Hall–Kier alpha value is -0.610. The zero-order chi connectivity index (χ0) is 18.9. The van der Waals surface area contributed by atoms with E-state index in [0.717, 1.165) is 31.7 Å². The van der Waals surface area contributed by atoms with Crippen molar-refractivity contribution in [3.8, 4) is 0 Å². The number of benzene rings is 1. The third kappa shape index (κ3) is 4.07. The predicted molar refractivity (Wildman–Crippen MR) is 112 cm³/mol. The van der Waals surface area contributed by atoms with E-state index < -0.39 is 5.54 Å². The molecular weight excluding hydrogens is 379 g/mol. The van der Waals surface area contributed by atoms with Crippen molar-refractivity contribution in [1.82, 2.24) is 10.2 Å². The number of hydrogen-bond acceptors (Lipinski definition) is 3. The number of ketones is 1. The first-order valence-electron chi connectivity index (χ1n) is 10.5. The molecule has 2 aliphatic heterocycles. The number of nitrogens with one attached hydrogen (secondary N) is 1. The highest BCUT2D eigenvalue weighted by molar-refractivity contribution is 6.42. The molecule has 0 aromatic heterocycles. The van der Waals surface area contributed by atoms with Gasteiger partial charge >= 0.3 is 0 Å². The summed E-state index contributed by atoms with van der Waals surface area (Å²) in [5.74, 6) is 1.50. The first-order valence-corrected chi connectivity index (χ1v) is 11.3. The molecule has 1 N–H and O–H groups in total. The van der Waals surface area contributed by atoms with Crippen LogP contribution in [0.1, 0.15) is 50.5 Å². The first-order chi connectivity index (χ1) is 13.1. The number of fused-ring (bicyclic) bond motifs is 1. The van der Waals surface area contributed by atoms with Gasteiger partial charge in [0.25, 0.3) is 0 Å².